The van der Waals surface area contributed by atoms with E-state index in [-0.39, 0.29) is 30.3 Å². The Balaban J connectivity index is 0.00000162. The van der Waals surface area contributed by atoms with Crippen molar-refractivity contribution in [3.63, 3.8) is 0 Å². The predicted octanol–water partition coefficient (Wildman–Crippen LogP) is 2.61. The molecule has 0 spiro atoms. The summed E-state index contributed by atoms with van der Waals surface area (Å²) in [5, 5.41) is 2.97. The maximum atomic E-state index is 11.8. The fourth-order valence-electron chi connectivity index (χ4n) is 2.19. The number of carbonyl (C=O) groups excluding carboxylic acids is 1. The smallest absolute Gasteiger partial charge is 0.223 e. The van der Waals surface area contributed by atoms with Gasteiger partial charge in [-0.1, -0.05) is 11.6 Å². The van der Waals surface area contributed by atoms with Crippen LogP contribution in [-0.4, -0.2) is 18.5 Å². The normalized spacial score (nSPS) is 22.6. The molecule has 1 heterocycles. The van der Waals surface area contributed by atoms with Gasteiger partial charge in [-0.2, -0.15) is 0 Å². The van der Waals surface area contributed by atoms with Gasteiger partial charge in [0.05, 0.1) is 4.34 Å². The lowest BCUT2D eigenvalue weighted by molar-refractivity contribution is -0.124. The summed E-state index contributed by atoms with van der Waals surface area (Å²) in [5.41, 5.74) is 5.79. The molecule has 2 atom stereocenters. The van der Waals surface area contributed by atoms with Crippen molar-refractivity contribution in [1.82, 2.24) is 5.32 Å². The van der Waals surface area contributed by atoms with Crippen molar-refractivity contribution in [2.24, 2.45) is 11.7 Å². The second-order valence-electron chi connectivity index (χ2n) is 4.52. The van der Waals surface area contributed by atoms with Crippen molar-refractivity contribution in [1.29, 1.82) is 0 Å². The maximum Gasteiger partial charge on any atom is 0.223 e. The molecular formula is C12H18Cl2N2OS. The van der Waals surface area contributed by atoms with E-state index in [9.17, 15) is 4.79 Å². The molecule has 2 unspecified atom stereocenters. The zero-order valence-electron chi connectivity index (χ0n) is 10.0. The van der Waals surface area contributed by atoms with E-state index in [1.807, 2.05) is 12.1 Å². The van der Waals surface area contributed by atoms with Gasteiger partial charge in [0, 0.05) is 23.4 Å². The third kappa shape index (κ3) is 4.43. The van der Waals surface area contributed by atoms with Crippen LogP contribution in [0, 0.1) is 5.92 Å². The molecule has 0 aliphatic heterocycles. The van der Waals surface area contributed by atoms with E-state index in [2.05, 4.69) is 5.32 Å². The molecule has 1 aromatic rings. The Morgan fingerprint density at radius 1 is 1.50 bits per heavy atom. The maximum absolute atomic E-state index is 11.8. The number of thiophene rings is 1. The van der Waals surface area contributed by atoms with Crippen molar-refractivity contribution in [3.8, 4) is 0 Å². The number of rotatable bonds is 4. The molecule has 0 bridgehead atoms. The van der Waals surface area contributed by atoms with Gasteiger partial charge in [-0.3, -0.25) is 4.79 Å². The first-order valence-electron chi connectivity index (χ1n) is 5.92. The zero-order valence-corrected chi connectivity index (χ0v) is 12.4. The van der Waals surface area contributed by atoms with E-state index in [0.29, 0.717) is 6.54 Å². The van der Waals surface area contributed by atoms with E-state index < -0.39 is 0 Å². The molecule has 1 aliphatic carbocycles. The number of hydrogen-bond acceptors (Lipinski definition) is 3. The van der Waals surface area contributed by atoms with Crippen LogP contribution in [0.2, 0.25) is 4.34 Å². The Labute approximate surface area is 122 Å². The van der Waals surface area contributed by atoms with Crippen molar-refractivity contribution in [3.05, 3.63) is 21.3 Å². The lowest BCUT2D eigenvalue weighted by Gasteiger charge is -2.10. The van der Waals surface area contributed by atoms with Crippen molar-refractivity contribution < 1.29 is 4.79 Å². The summed E-state index contributed by atoms with van der Waals surface area (Å²) in [4.78, 5) is 13.0. The first-order chi connectivity index (χ1) is 8.15. The van der Waals surface area contributed by atoms with E-state index in [0.717, 1.165) is 30.0 Å². The molecule has 6 heteroatoms. The number of nitrogens with one attached hydrogen (secondary N) is 1. The average molecular weight is 309 g/mol. The second-order valence-corrected chi connectivity index (χ2v) is 6.32. The van der Waals surface area contributed by atoms with Gasteiger partial charge in [-0.05, 0) is 37.8 Å². The van der Waals surface area contributed by atoms with Crippen LogP contribution in [0.1, 0.15) is 24.1 Å². The molecule has 2 rings (SSSR count). The fraction of sp³-hybridized carbons (Fsp3) is 0.583. The van der Waals surface area contributed by atoms with Crippen LogP contribution in [0.3, 0.4) is 0 Å². The molecule has 0 saturated heterocycles. The van der Waals surface area contributed by atoms with Crippen LogP contribution < -0.4 is 11.1 Å². The molecule has 0 radical (unpaired) electrons. The third-order valence-corrected chi connectivity index (χ3v) is 4.43. The van der Waals surface area contributed by atoms with Gasteiger partial charge in [-0.15, -0.1) is 23.7 Å². The van der Waals surface area contributed by atoms with Crippen LogP contribution in [0.25, 0.3) is 0 Å². The minimum atomic E-state index is 0. The van der Waals surface area contributed by atoms with Gasteiger partial charge in [0.25, 0.3) is 0 Å². The van der Waals surface area contributed by atoms with Crippen LogP contribution in [-0.2, 0) is 11.2 Å². The summed E-state index contributed by atoms with van der Waals surface area (Å²) >= 11 is 7.40. The van der Waals surface area contributed by atoms with Gasteiger partial charge in [0.15, 0.2) is 0 Å². The van der Waals surface area contributed by atoms with Gasteiger partial charge in [0.2, 0.25) is 5.91 Å². The molecule has 1 aliphatic rings. The molecule has 1 saturated carbocycles. The zero-order chi connectivity index (χ0) is 12.3. The van der Waals surface area contributed by atoms with Crippen molar-refractivity contribution in [2.75, 3.05) is 6.54 Å². The van der Waals surface area contributed by atoms with E-state index in [1.54, 1.807) is 11.3 Å². The lowest BCUT2D eigenvalue weighted by Crippen LogP contribution is -2.31. The number of hydrogen-bond donors (Lipinski definition) is 2. The summed E-state index contributed by atoms with van der Waals surface area (Å²) in [6.07, 6.45) is 3.58. The molecule has 1 fully saturated rings. The van der Waals surface area contributed by atoms with Crippen LogP contribution in [0.5, 0.6) is 0 Å². The minimum Gasteiger partial charge on any atom is -0.356 e. The Kier molecular flexibility index (Phi) is 6.43. The topological polar surface area (TPSA) is 55.1 Å². The Morgan fingerprint density at radius 2 is 2.28 bits per heavy atom. The van der Waals surface area contributed by atoms with Crippen LogP contribution in [0.4, 0.5) is 0 Å². The van der Waals surface area contributed by atoms with Crippen molar-refractivity contribution >= 4 is 41.3 Å². The van der Waals surface area contributed by atoms with Crippen LogP contribution >= 0.6 is 35.3 Å². The Hall–Kier alpha value is -0.290. The summed E-state index contributed by atoms with van der Waals surface area (Å²) < 4.78 is 0.799. The number of carbonyl (C=O) groups is 1. The highest BCUT2D eigenvalue weighted by atomic mass is 35.5. The first kappa shape index (κ1) is 15.8. The third-order valence-electron chi connectivity index (χ3n) is 3.14. The highest BCUT2D eigenvalue weighted by molar-refractivity contribution is 7.16. The fourth-order valence-corrected chi connectivity index (χ4v) is 3.28. The first-order valence-corrected chi connectivity index (χ1v) is 7.12. The molecule has 1 amide bonds. The van der Waals surface area contributed by atoms with Gasteiger partial charge in [0.1, 0.15) is 0 Å². The minimum absolute atomic E-state index is 0. The molecular weight excluding hydrogens is 291 g/mol. The van der Waals surface area contributed by atoms with E-state index >= 15 is 0 Å². The average Bonchev–Trinajstić information content (AvgIpc) is 2.88. The summed E-state index contributed by atoms with van der Waals surface area (Å²) in [7, 11) is 0. The Morgan fingerprint density at radius 3 is 2.83 bits per heavy atom. The van der Waals surface area contributed by atoms with Gasteiger partial charge < -0.3 is 11.1 Å². The molecule has 18 heavy (non-hydrogen) atoms. The quantitative estimate of drug-likeness (QED) is 0.898. The standard InChI is InChI=1S/C12H17ClN2OS.ClH/c13-11-4-3-10(17-11)5-6-15-12(16)8-1-2-9(14)7-8;/h3-4,8-9H,1-2,5-7,14H2,(H,15,16);1H. The second kappa shape index (κ2) is 7.34. The predicted molar refractivity (Wildman–Crippen MR) is 78.6 cm³/mol. The molecule has 0 aromatic carbocycles. The molecule has 3 nitrogen and oxygen atoms in total. The van der Waals surface area contributed by atoms with E-state index in [4.69, 9.17) is 17.3 Å². The lowest BCUT2D eigenvalue weighted by atomic mass is 10.1. The summed E-state index contributed by atoms with van der Waals surface area (Å²) in [6.45, 7) is 0.682. The van der Waals surface area contributed by atoms with Crippen molar-refractivity contribution in [2.45, 2.75) is 31.7 Å². The SMILES string of the molecule is Cl.NC1CCC(C(=O)NCCc2ccc(Cl)s2)C1. The highest BCUT2D eigenvalue weighted by Crippen LogP contribution is 2.24. The summed E-state index contributed by atoms with van der Waals surface area (Å²) in [6, 6.07) is 4.10. The van der Waals surface area contributed by atoms with Gasteiger partial charge >= 0.3 is 0 Å². The Bertz CT molecular complexity index is 397. The summed E-state index contributed by atoms with van der Waals surface area (Å²) in [5.74, 6) is 0.275. The number of amides is 1. The highest BCUT2D eigenvalue weighted by Gasteiger charge is 2.27. The van der Waals surface area contributed by atoms with Crippen LogP contribution in [0.15, 0.2) is 12.1 Å². The van der Waals surface area contributed by atoms with Gasteiger partial charge in [-0.25, -0.2) is 0 Å². The largest absolute Gasteiger partial charge is 0.356 e. The number of nitrogens with two attached hydrogens (primary N) is 1. The molecule has 1 aromatic heterocycles. The molecule has 102 valence electrons. The number of halogens is 2. The monoisotopic (exact) mass is 308 g/mol. The molecule has 3 N–H and O–H groups in total. The van der Waals surface area contributed by atoms with E-state index in [1.165, 1.54) is 4.88 Å².